The number of nitrogens with one attached hydrogen (secondary N) is 4. The van der Waals surface area contributed by atoms with E-state index in [0.717, 1.165) is 36.3 Å². The minimum atomic E-state index is -0.661. The summed E-state index contributed by atoms with van der Waals surface area (Å²) < 4.78 is 18.6. The number of carbonyl (C=O) groups excluding carboxylic acids is 6. The van der Waals surface area contributed by atoms with Crippen molar-refractivity contribution in [2.45, 2.75) is 191 Å². The molecule has 3 heterocycles. The number of rotatable bonds is 16. The quantitative estimate of drug-likeness (QED) is 0.0308. The van der Waals surface area contributed by atoms with Gasteiger partial charge in [0.05, 0.1) is 33.5 Å². The number of ether oxygens (including phenoxy) is 3. The first-order valence-corrected chi connectivity index (χ1v) is 29.3. The first-order chi connectivity index (χ1) is 39.8. The van der Waals surface area contributed by atoms with E-state index >= 15 is 0 Å². The lowest BCUT2D eigenvalue weighted by Crippen LogP contribution is -2.60. The van der Waals surface area contributed by atoms with E-state index in [9.17, 15) is 28.8 Å². The summed E-state index contributed by atoms with van der Waals surface area (Å²) in [6.07, 6.45) is -0.189. The van der Waals surface area contributed by atoms with Gasteiger partial charge < -0.3 is 50.3 Å². The Morgan fingerprint density at radius 1 is 0.651 bits per heavy atom. The highest BCUT2D eigenvalue weighted by Crippen LogP contribution is 2.16. The molecule has 0 aromatic heterocycles. The summed E-state index contributed by atoms with van der Waals surface area (Å²) in [5, 5.41) is 12.3. The molecule has 0 bridgehead atoms. The minimum absolute atomic E-state index is 0.0269. The summed E-state index contributed by atoms with van der Waals surface area (Å²) in [7, 11) is 5.63. The van der Waals surface area contributed by atoms with Crippen molar-refractivity contribution >= 4 is 43.1 Å². The van der Waals surface area contributed by atoms with Crippen LogP contribution in [0.15, 0.2) is 121 Å². The van der Waals surface area contributed by atoms with Gasteiger partial charge in [-0.05, 0) is 77.6 Å². The lowest BCUT2D eigenvalue weighted by molar-refractivity contribution is -0.153. The summed E-state index contributed by atoms with van der Waals surface area (Å²) in [6.45, 7) is 35.6. The summed E-state index contributed by atoms with van der Waals surface area (Å²) in [4.78, 5) is 75.0. The Hall–Kier alpha value is -6.48. The van der Waals surface area contributed by atoms with Crippen LogP contribution in [0, 0.1) is 0 Å². The number of methoxy groups -OCH3 is 3. The zero-order valence-electron chi connectivity index (χ0n) is 53.6. The zero-order chi connectivity index (χ0) is 63.5. The van der Waals surface area contributed by atoms with E-state index in [1.807, 2.05) is 146 Å². The largest absolute Gasteiger partial charge is 0.468 e. The van der Waals surface area contributed by atoms with Crippen LogP contribution in [-0.2, 0) is 73.8 Å². The van der Waals surface area contributed by atoms with Gasteiger partial charge in [0.2, 0.25) is 17.7 Å². The van der Waals surface area contributed by atoms with Gasteiger partial charge in [0.25, 0.3) is 0 Å². The molecule has 463 valence electrons. The van der Waals surface area contributed by atoms with Gasteiger partial charge in [0.15, 0.2) is 0 Å². The van der Waals surface area contributed by atoms with E-state index in [-0.39, 0.29) is 41.8 Å². The van der Waals surface area contributed by atoms with Crippen LogP contribution >= 0.6 is 0 Å². The predicted molar refractivity (Wildman–Crippen MR) is 335 cm³/mol. The van der Waals surface area contributed by atoms with Crippen LogP contribution in [0.3, 0.4) is 0 Å². The maximum atomic E-state index is 12.7. The average Bonchev–Trinajstić information content (AvgIpc) is 4.41. The Bertz CT molecular complexity index is 2320. The molecule has 9 atom stereocenters. The van der Waals surface area contributed by atoms with Crippen LogP contribution in [0.5, 0.6) is 0 Å². The third kappa shape index (κ3) is 32.2. The molecule has 4 aromatic carbocycles. The molecule has 83 heavy (non-hydrogen) atoms. The van der Waals surface area contributed by atoms with Gasteiger partial charge in [0, 0.05) is 51.4 Å². The molecule has 3 amide bonds. The molecule has 4 aromatic rings. The number of amides is 3. The van der Waals surface area contributed by atoms with Crippen molar-refractivity contribution in [2.75, 3.05) is 34.4 Å². The fourth-order valence-electron chi connectivity index (χ4n) is 7.59. The maximum absolute atomic E-state index is 12.7. The number of benzene rings is 4. The molecular weight excluding hydrogens is 1050 g/mol. The maximum Gasteiger partial charge on any atom is 0.342 e. The Balaban J connectivity index is 0. The van der Waals surface area contributed by atoms with Gasteiger partial charge in [-0.25, -0.2) is 4.79 Å². The van der Waals surface area contributed by atoms with Crippen LogP contribution in [0.2, 0.25) is 0 Å². The Labute approximate surface area is 499 Å². The van der Waals surface area contributed by atoms with Crippen molar-refractivity contribution in [1.29, 1.82) is 0 Å². The van der Waals surface area contributed by atoms with Crippen molar-refractivity contribution < 1.29 is 47.6 Å². The number of esters is 3. The monoisotopic (exact) mass is 1160 g/mol. The molecule has 0 saturated carbocycles. The molecule has 1 radical (unpaired) electrons. The fourth-order valence-corrected chi connectivity index (χ4v) is 7.59. The van der Waals surface area contributed by atoms with Gasteiger partial charge in [-0.15, -0.1) is 0 Å². The molecule has 3 aliphatic heterocycles. The van der Waals surface area contributed by atoms with E-state index in [0.29, 0.717) is 31.7 Å². The summed E-state index contributed by atoms with van der Waals surface area (Å²) >= 11 is 0. The van der Waals surface area contributed by atoms with Crippen LogP contribution in [0.4, 0.5) is 0 Å². The molecule has 3 saturated heterocycles. The van der Waals surface area contributed by atoms with E-state index in [4.69, 9.17) is 15.1 Å². The number of piperazine rings is 2. The average molecular weight is 1160 g/mol. The van der Waals surface area contributed by atoms with Crippen molar-refractivity contribution in [3.63, 3.8) is 0 Å². The molecule has 3 fully saturated rings. The molecule has 0 spiro atoms. The van der Waals surface area contributed by atoms with E-state index in [1.54, 1.807) is 53.9 Å². The molecule has 6 N–H and O–H groups in total. The SMILES string of the molecule is CC.CC.CC.CC.CC1CN(Cc2ccccc2)C(C)CN1.CC1NC(=O)C(C)N(Cc2ccccc2)C1=O.COC(=O)C(C)N.COC(=O)C(C)N(Cc1ccccc1)C(=O)C(C)NC1[B]O1.COC(=O)C(C)NCc1ccccc1. The van der Waals surface area contributed by atoms with Gasteiger partial charge in [-0.1, -0.05) is 177 Å². The second kappa shape index (κ2) is 46.9. The molecular formula is C64H104BN8O10. The first kappa shape index (κ1) is 78.6. The predicted octanol–water partition coefficient (Wildman–Crippen LogP) is 8.23. The second-order valence-electron chi connectivity index (χ2n) is 18.6. The van der Waals surface area contributed by atoms with Crippen molar-refractivity contribution in [3.05, 3.63) is 144 Å². The Morgan fingerprint density at radius 3 is 1.51 bits per heavy atom. The Morgan fingerprint density at radius 2 is 1.08 bits per heavy atom. The van der Waals surface area contributed by atoms with Gasteiger partial charge in [0.1, 0.15) is 30.2 Å². The standard InChI is InChI=1S/C15H20BN2O4.C13H16N2O2.C13H20N2.C11H15NO2.C4H9NO2.4C2H6/c1-10(17-15-16-22-15)13(19)18(11(2)14(20)21-3)9-12-7-5-4-6-8-12;1-9-13(17)15(10(2)12(16)14-9)8-11-6-4-3-5-7-11;1-11-9-15(12(2)8-14-11)10-13-6-4-3-5-7-13;1-9(11(13)14-2)12-8-10-6-4-3-5-7-10;1-3(5)4(6)7-2;4*1-2/h4-8,10-11,15,17H,9H2,1-3H3;3-7,9-10H,8H2,1-2H3,(H,14,16);3-7,11-12,14H,8-10H2,1-2H3;3-7,9,12H,8H2,1-2H3;3H,5H2,1-2H3;4*1-2H3. The van der Waals surface area contributed by atoms with Crippen molar-refractivity contribution in [1.82, 2.24) is 36.0 Å². The van der Waals surface area contributed by atoms with Gasteiger partial charge >= 0.3 is 25.4 Å². The summed E-state index contributed by atoms with van der Waals surface area (Å²) in [5.41, 5.74) is 9.63. The van der Waals surface area contributed by atoms with Crippen molar-refractivity contribution in [3.8, 4) is 0 Å². The van der Waals surface area contributed by atoms with E-state index in [1.165, 1.54) is 31.8 Å². The summed E-state index contributed by atoms with van der Waals surface area (Å²) in [5.74, 6) is -1.34. The number of hydrogen-bond donors (Lipinski definition) is 5. The Kier molecular flexibility index (Phi) is 44.5. The van der Waals surface area contributed by atoms with Gasteiger partial charge in [-0.2, -0.15) is 0 Å². The first-order valence-electron chi connectivity index (χ1n) is 29.3. The molecule has 3 aliphatic rings. The number of nitrogens with two attached hydrogens (primary N) is 1. The third-order valence-corrected chi connectivity index (χ3v) is 12.3. The molecule has 18 nitrogen and oxygen atoms in total. The lowest BCUT2D eigenvalue weighted by atomic mass is 10.1. The normalized spacial score (nSPS) is 18.5. The smallest absolute Gasteiger partial charge is 0.342 e. The topological polar surface area (TPSA) is 226 Å². The fraction of sp³-hybridized carbons (Fsp3) is 0.531. The number of carbonyl (C=O) groups is 6. The van der Waals surface area contributed by atoms with Crippen LogP contribution in [0.1, 0.15) is 133 Å². The van der Waals surface area contributed by atoms with Crippen LogP contribution in [0.25, 0.3) is 0 Å². The van der Waals surface area contributed by atoms with Crippen molar-refractivity contribution in [2.24, 2.45) is 5.73 Å². The molecule has 19 heteroatoms. The van der Waals surface area contributed by atoms with E-state index < -0.39 is 36.2 Å². The highest BCUT2D eigenvalue weighted by Gasteiger charge is 2.36. The van der Waals surface area contributed by atoms with Crippen LogP contribution < -0.4 is 27.0 Å². The zero-order valence-corrected chi connectivity index (χ0v) is 53.6. The van der Waals surface area contributed by atoms with E-state index in [2.05, 4.69) is 79.8 Å². The molecule has 0 aliphatic carbocycles. The van der Waals surface area contributed by atoms with Gasteiger partial charge in [-0.3, -0.25) is 34.2 Å². The highest BCUT2D eigenvalue weighted by molar-refractivity contribution is 6.38. The molecule has 9 unspecified atom stereocenters. The number of hydrogen-bond acceptors (Lipinski definition) is 15. The number of nitrogens with zero attached hydrogens (tertiary/aromatic N) is 3. The molecule has 7 rings (SSSR count). The summed E-state index contributed by atoms with van der Waals surface area (Å²) in [6, 6.07) is 38.4. The highest BCUT2D eigenvalue weighted by atomic mass is 16.5. The lowest BCUT2D eigenvalue weighted by Gasteiger charge is -2.37. The minimum Gasteiger partial charge on any atom is -0.468 e. The van der Waals surface area contributed by atoms with Crippen LogP contribution in [-0.4, -0.2) is 147 Å². The third-order valence-electron chi connectivity index (χ3n) is 12.3. The second-order valence-corrected chi connectivity index (χ2v) is 18.6.